The van der Waals surface area contributed by atoms with Gasteiger partial charge >= 0.3 is 0 Å². The van der Waals surface area contributed by atoms with Gasteiger partial charge in [-0.1, -0.05) is 23.8 Å². The molecule has 0 heterocycles. The van der Waals surface area contributed by atoms with Gasteiger partial charge in [0, 0.05) is 11.4 Å². The highest BCUT2D eigenvalue weighted by molar-refractivity contribution is 7.92. The summed E-state index contributed by atoms with van der Waals surface area (Å²) in [5.74, 6) is 0.353. The number of nitrogens with one attached hydrogen (secondary N) is 2. The molecule has 6 nitrogen and oxygen atoms in total. The first-order valence-electron chi connectivity index (χ1n) is 10.3. The highest BCUT2D eigenvalue weighted by atomic mass is 32.2. The molecule has 3 aromatic carbocycles. The number of ether oxygens (including phenoxy) is 1. The first-order chi connectivity index (χ1) is 15.0. The summed E-state index contributed by atoms with van der Waals surface area (Å²) in [4.78, 5) is 12.7. The van der Waals surface area contributed by atoms with Crippen molar-refractivity contribution in [1.29, 1.82) is 0 Å². The Morgan fingerprint density at radius 3 is 2.06 bits per heavy atom. The third-order valence-corrected chi connectivity index (χ3v) is 6.57. The Bertz CT molecular complexity index is 1220. The van der Waals surface area contributed by atoms with E-state index in [-0.39, 0.29) is 10.8 Å². The van der Waals surface area contributed by atoms with Crippen LogP contribution in [0, 0.1) is 27.7 Å². The zero-order valence-corrected chi connectivity index (χ0v) is 19.7. The molecule has 0 aliphatic rings. The second kappa shape index (κ2) is 9.44. The quantitative estimate of drug-likeness (QED) is 0.521. The fraction of sp³-hybridized carbons (Fsp3) is 0.240. The van der Waals surface area contributed by atoms with Crippen LogP contribution in [0.5, 0.6) is 5.75 Å². The molecule has 0 saturated carbocycles. The Balaban J connectivity index is 1.66. The van der Waals surface area contributed by atoms with Gasteiger partial charge in [-0.25, -0.2) is 8.42 Å². The first-order valence-corrected chi connectivity index (χ1v) is 11.8. The van der Waals surface area contributed by atoms with Crippen molar-refractivity contribution in [3.05, 3.63) is 82.9 Å². The van der Waals surface area contributed by atoms with Gasteiger partial charge in [-0.2, -0.15) is 0 Å². The highest BCUT2D eigenvalue weighted by Gasteiger charge is 2.18. The second-order valence-corrected chi connectivity index (χ2v) is 9.63. The van der Waals surface area contributed by atoms with Crippen molar-refractivity contribution in [2.75, 3.05) is 10.0 Å². The molecule has 3 aromatic rings. The maximum absolute atomic E-state index is 12.6. The summed E-state index contributed by atoms with van der Waals surface area (Å²) < 4.78 is 33.6. The number of amides is 1. The van der Waals surface area contributed by atoms with Gasteiger partial charge in [0.25, 0.3) is 15.9 Å². The normalized spacial score (nSPS) is 12.2. The Labute approximate surface area is 189 Å². The van der Waals surface area contributed by atoms with E-state index in [1.807, 2.05) is 45.9 Å². The van der Waals surface area contributed by atoms with Gasteiger partial charge in [0.05, 0.1) is 4.90 Å². The molecular weight excluding hydrogens is 424 g/mol. The number of anilines is 2. The molecule has 2 N–H and O–H groups in total. The van der Waals surface area contributed by atoms with E-state index in [0.717, 1.165) is 22.3 Å². The van der Waals surface area contributed by atoms with Crippen molar-refractivity contribution in [3.8, 4) is 5.75 Å². The minimum atomic E-state index is -3.73. The molecule has 0 spiro atoms. The van der Waals surface area contributed by atoms with Gasteiger partial charge in [-0.05, 0) is 93.8 Å². The van der Waals surface area contributed by atoms with Crippen LogP contribution in [0.1, 0.15) is 29.2 Å². The molecule has 7 heteroatoms. The van der Waals surface area contributed by atoms with E-state index in [1.54, 1.807) is 31.2 Å². The molecule has 1 atom stereocenters. The zero-order valence-electron chi connectivity index (χ0n) is 18.9. The van der Waals surface area contributed by atoms with Gasteiger partial charge in [-0.3, -0.25) is 9.52 Å². The maximum Gasteiger partial charge on any atom is 0.265 e. The van der Waals surface area contributed by atoms with Gasteiger partial charge < -0.3 is 10.1 Å². The second-order valence-electron chi connectivity index (χ2n) is 7.95. The van der Waals surface area contributed by atoms with Crippen molar-refractivity contribution in [1.82, 2.24) is 0 Å². The van der Waals surface area contributed by atoms with Crippen LogP contribution in [-0.4, -0.2) is 20.4 Å². The molecule has 0 aliphatic heterocycles. The predicted molar refractivity (Wildman–Crippen MR) is 128 cm³/mol. The summed E-state index contributed by atoms with van der Waals surface area (Å²) >= 11 is 0. The fourth-order valence-electron chi connectivity index (χ4n) is 3.16. The molecule has 0 bridgehead atoms. The number of rotatable bonds is 7. The average Bonchev–Trinajstić information content (AvgIpc) is 2.73. The highest BCUT2D eigenvalue weighted by Crippen LogP contribution is 2.25. The van der Waals surface area contributed by atoms with Crippen LogP contribution in [0.25, 0.3) is 0 Å². The van der Waals surface area contributed by atoms with E-state index in [2.05, 4.69) is 16.1 Å². The predicted octanol–water partition coefficient (Wildman–Crippen LogP) is 5.13. The molecule has 1 amide bonds. The van der Waals surface area contributed by atoms with Crippen LogP contribution < -0.4 is 14.8 Å². The number of hydrogen-bond donors (Lipinski definition) is 2. The molecular formula is C25H28N2O4S. The number of aryl methyl sites for hydroxylation is 3. The van der Waals surface area contributed by atoms with Crippen molar-refractivity contribution >= 4 is 27.3 Å². The number of carbonyl (C=O) groups is 1. The molecule has 32 heavy (non-hydrogen) atoms. The van der Waals surface area contributed by atoms with Crippen molar-refractivity contribution < 1.29 is 17.9 Å². The molecule has 168 valence electrons. The van der Waals surface area contributed by atoms with Gasteiger partial charge in [0.15, 0.2) is 6.10 Å². The molecule has 0 aliphatic carbocycles. The molecule has 0 saturated heterocycles. The molecule has 3 rings (SSSR count). The summed E-state index contributed by atoms with van der Waals surface area (Å²) in [6, 6.07) is 17.1. The molecule has 0 radical (unpaired) electrons. The monoisotopic (exact) mass is 452 g/mol. The van der Waals surface area contributed by atoms with E-state index >= 15 is 0 Å². The first kappa shape index (κ1) is 23.3. The maximum atomic E-state index is 12.6. The van der Waals surface area contributed by atoms with Gasteiger partial charge in [-0.15, -0.1) is 0 Å². The lowest BCUT2D eigenvalue weighted by Gasteiger charge is -2.18. The van der Waals surface area contributed by atoms with Gasteiger partial charge in [0.1, 0.15) is 5.75 Å². The topological polar surface area (TPSA) is 84.5 Å². The largest absolute Gasteiger partial charge is 0.481 e. The lowest BCUT2D eigenvalue weighted by molar-refractivity contribution is -0.122. The summed E-state index contributed by atoms with van der Waals surface area (Å²) in [5, 5.41) is 2.77. The number of carbonyl (C=O) groups excluding carboxylic acids is 1. The third kappa shape index (κ3) is 5.68. The zero-order chi connectivity index (χ0) is 23.5. The molecule has 0 aromatic heterocycles. The number of benzene rings is 3. The van der Waals surface area contributed by atoms with Crippen LogP contribution in [0.3, 0.4) is 0 Å². The van der Waals surface area contributed by atoms with E-state index in [1.165, 1.54) is 12.1 Å². The lowest BCUT2D eigenvalue weighted by Crippen LogP contribution is -2.30. The average molecular weight is 453 g/mol. The van der Waals surface area contributed by atoms with E-state index < -0.39 is 16.1 Å². The minimum absolute atomic E-state index is 0.103. The smallest absolute Gasteiger partial charge is 0.265 e. The lowest BCUT2D eigenvalue weighted by atomic mass is 10.1. The Morgan fingerprint density at radius 1 is 0.844 bits per heavy atom. The van der Waals surface area contributed by atoms with Crippen LogP contribution in [-0.2, 0) is 14.8 Å². The number of hydrogen-bond acceptors (Lipinski definition) is 4. The van der Waals surface area contributed by atoms with Gasteiger partial charge in [0.2, 0.25) is 0 Å². The summed E-state index contributed by atoms with van der Waals surface area (Å²) in [5.41, 5.74) is 5.16. The Kier molecular flexibility index (Phi) is 6.89. The third-order valence-electron chi connectivity index (χ3n) is 5.17. The molecule has 0 unspecified atom stereocenters. The van der Waals surface area contributed by atoms with Crippen LogP contribution >= 0.6 is 0 Å². The fourth-order valence-corrected chi connectivity index (χ4v) is 4.22. The summed E-state index contributed by atoms with van der Waals surface area (Å²) in [6.45, 7) is 9.55. The van der Waals surface area contributed by atoms with Crippen LogP contribution in [0.4, 0.5) is 11.4 Å². The Morgan fingerprint density at radius 2 is 1.44 bits per heavy atom. The van der Waals surface area contributed by atoms with E-state index in [9.17, 15) is 13.2 Å². The SMILES string of the molecule is Cc1ccc(NS(=O)(=O)c2ccc(NC(=O)[C@@H](C)Oc3cc(C)cc(C)c3C)cc2)cc1. The van der Waals surface area contributed by atoms with Crippen molar-refractivity contribution in [2.24, 2.45) is 0 Å². The van der Waals surface area contributed by atoms with E-state index in [4.69, 9.17) is 4.74 Å². The minimum Gasteiger partial charge on any atom is -0.481 e. The Hall–Kier alpha value is -3.32. The summed E-state index contributed by atoms with van der Waals surface area (Å²) in [7, 11) is -3.73. The van der Waals surface area contributed by atoms with Crippen LogP contribution in [0.15, 0.2) is 65.6 Å². The van der Waals surface area contributed by atoms with Crippen LogP contribution in [0.2, 0.25) is 0 Å². The standard InChI is InChI=1S/C25H28N2O4S/c1-16-6-8-22(9-7-16)27-32(29,30)23-12-10-21(11-13-23)26-25(28)20(5)31-24-15-17(2)14-18(3)19(24)4/h6-15,20,27H,1-5H3,(H,26,28)/t20-/m1/s1. The van der Waals surface area contributed by atoms with Crippen molar-refractivity contribution in [2.45, 2.75) is 45.6 Å². The summed E-state index contributed by atoms with van der Waals surface area (Å²) in [6.07, 6.45) is -0.721. The van der Waals surface area contributed by atoms with E-state index in [0.29, 0.717) is 17.1 Å². The molecule has 0 fully saturated rings. The van der Waals surface area contributed by atoms with Crippen molar-refractivity contribution in [3.63, 3.8) is 0 Å². The number of sulfonamides is 1.